The zero-order valence-electron chi connectivity index (χ0n) is 10.1. The van der Waals surface area contributed by atoms with Gasteiger partial charge in [0.2, 0.25) is 5.91 Å². The molecule has 0 aliphatic carbocycles. The van der Waals surface area contributed by atoms with Gasteiger partial charge in [0.25, 0.3) is 0 Å². The maximum atomic E-state index is 11.5. The standard InChI is InChI=1S/C11H14ClN3O2S/c1-15(2)10(16)6-18-9-5-7(12)3-4-8(9)11(13)14-17/h3-5,17H,6H2,1-2H3,(H2,13,14). The lowest BCUT2D eigenvalue weighted by atomic mass is 10.2. The molecule has 0 saturated heterocycles. The molecule has 0 radical (unpaired) electrons. The Morgan fingerprint density at radius 1 is 1.56 bits per heavy atom. The Hall–Kier alpha value is -1.40. The molecule has 1 aromatic carbocycles. The van der Waals surface area contributed by atoms with E-state index in [0.29, 0.717) is 15.5 Å². The minimum absolute atomic E-state index is 0.00790. The highest BCUT2D eigenvalue weighted by Gasteiger charge is 2.11. The number of amides is 1. The van der Waals surface area contributed by atoms with Crippen molar-refractivity contribution >= 4 is 35.1 Å². The van der Waals surface area contributed by atoms with Crippen molar-refractivity contribution in [2.45, 2.75) is 4.90 Å². The number of oxime groups is 1. The fourth-order valence-corrected chi connectivity index (χ4v) is 2.46. The molecule has 98 valence electrons. The summed E-state index contributed by atoms with van der Waals surface area (Å²) in [7, 11) is 3.37. The van der Waals surface area contributed by atoms with Crippen LogP contribution in [0.5, 0.6) is 0 Å². The molecule has 0 saturated carbocycles. The van der Waals surface area contributed by atoms with Gasteiger partial charge in [-0.05, 0) is 18.2 Å². The molecular formula is C11H14ClN3O2S. The van der Waals surface area contributed by atoms with E-state index in [-0.39, 0.29) is 17.5 Å². The molecule has 0 heterocycles. The van der Waals surface area contributed by atoms with Gasteiger partial charge in [0, 0.05) is 29.6 Å². The van der Waals surface area contributed by atoms with Crippen molar-refractivity contribution in [2.24, 2.45) is 10.9 Å². The van der Waals surface area contributed by atoms with E-state index in [4.69, 9.17) is 22.5 Å². The SMILES string of the molecule is CN(C)C(=O)CSc1cc(Cl)ccc1/C(N)=N/O. The number of hydrogen-bond donors (Lipinski definition) is 2. The Kier molecular flexibility index (Phi) is 5.30. The number of nitrogens with two attached hydrogens (primary N) is 1. The summed E-state index contributed by atoms with van der Waals surface area (Å²) in [6, 6.07) is 4.98. The lowest BCUT2D eigenvalue weighted by Gasteiger charge is -2.11. The summed E-state index contributed by atoms with van der Waals surface area (Å²) in [6.45, 7) is 0. The monoisotopic (exact) mass is 287 g/mol. The summed E-state index contributed by atoms with van der Waals surface area (Å²) in [5, 5.41) is 12.2. The summed E-state index contributed by atoms with van der Waals surface area (Å²) in [6.07, 6.45) is 0. The first kappa shape index (κ1) is 14.7. The maximum Gasteiger partial charge on any atom is 0.232 e. The predicted molar refractivity (Wildman–Crippen MR) is 73.4 cm³/mol. The first-order valence-electron chi connectivity index (χ1n) is 5.06. The van der Waals surface area contributed by atoms with Crippen molar-refractivity contribution in [1.82, 2.24) is 4.90 Å². The van der Waals surface area contributed by atoms with Gasteiger partial charge < -0.3 is 15.8 Å². The second-order valence-electron chi connectivity index (χ2n) is 3.70. The van der Waals surface area contributed by atoms with Crippen LogP contribution in [0.25, 0.3) is 0 Å². The summed E-state index contributed by atoms with van der Waals surface area (Å²) in [4.78, 5) is 13.7. The molecular weight excluding hydrogens is 274 g/mol. The van der Waals surface area contributed by atoms with E-state index in [0.717, 1.165) is 0 Å². The summed E-state index contributed by atoms with van der Waals surface area (Å²) >= 11 is 7.18. The van der Waals surface area contributed by atoms with Crippen LogP contribution in [0.1, 0.15) is 5.56 Å². The van der Waals surface area contributed by atoms with Crippen LogP contribution >= 0.6 is 23.4 Å². The number of nitrogens with zero attached hydrogens (tertiary/aromatic N) is 2. The molecule has 0 aliphatic rings. The summed E-state index contributed by atoms with van der Waals surface area (Å²) in [5.41, 5.74) is 6.11. The molecule has 0 spiro atoms. The smallest absolute Gasteiger partial charge is 0.232 e. The fraction of sp³-hybridized carbons (Fsp3) is 0.273. The molecule has 0 unspecified atom stereocenters. The molecule has 3 N–H and O–H groups in total. The summed E-state index contributed by atoms with van der Waals surface area (Å²) in [5.74, 6) is 0.232. The van der Waals surface area contributed by atoms with Crippen molar-refractivity contribution < 1.29 is 10.0 Å². The minimum atomic E-state index is -0.0227. The van der Waals surface area contributed by atoms with Crippen LogP contribution < -0.4 is 5.73 Å². The van der Waals surface area contributed by atoms with Gasteiger partial charge in [0.05, 0.1) is 5.75 Å². The largest absolute Gasteiger partial charge is 0.409 e. The lowest BCUT2D eigenvalue weighted by molar-refractivity contribution is -0.125. The summed E-state index contributed by atoms with van der Waals surface area (Å²) < 4.78 is 0. The first-order valence-corrected chi connectivity index (χ1v) is 6.42. The van der Waals surface area contributed by atoms with Crippen LogP contribution in [0.3, 0.4) is 0 Å². The van der Waals surface area contributed by atoms with Crippen molar-refractivity contribution in [1.29, 1.82) is 0 Å². The van der Waals surface area contributed by atoms with E-state index in [1.54, 1.807) is 32.3 Å². The van der Waals surface area contributed by atoms with Gasteiger partial charge >= 0.3 is 0 Å². The molecule has 0 bridgehead atoms. The Labute approximate surface area is 115 Å². The number of thioether (sulfide) groups is 1. The average molecular weight is 288 g/mol. The average Bonchev–Trinajstić information content (AvgIpc) is 2.34. The Morgan fingerprint density at radius 3 is 2.78 bits per heavy atom. The van der Waals surface area contributed by atoms with Gasteiger partial charge in [-0.1, -0.05) is 16.8 Å². The van der Waals surface area contributed by atoms with Crippen LogP contribution in [0.15, 0.2) is 28.3 Å². The highest BCUT2D eigenvalue weighted by atomic mass is 35.5. The normalized spacial score (nSPS) is 11.4. The highest BCUT2D eigenvalue weighted by molar-refractivity contribution is 8.00. The molecule has 0 aliphatic heterocycles. The van der Waals surface area contributed by atoms with Crippen LogP contribution in [0, 0.1) is 0 Å². The Bertz CT molecular complexity index is 477. The molecule has 0 fully saturated rings. The third-order valence-corrected chi connectivity index (χ3v) is 3.45. The van der Waals surface area contributed by atoms with Crippen molar-refractivity contribution in [2.75, 3.05) is 19.8 Å². The lowest BCUT2D eigenvalue weighted by Crippen LogP contribution is -2.23. The third-order valence-electron chi connectivity index (χ3n) is 2.18. The van der Waals surface area contributed by atoms with Crippen LogP contribution in [-0.2, 0) is 4.79 Å². The maximum absolute atomic E-state index is 11.5. The van der Waals surface area contributed by atoms with E-state index in [1.807, 2.05) is 0 Å². The van der Waals surface area contributed by atoms with Crippen LogP contribution in [0.2, 0.25) is 5.02 Å². The molecule has 1 rings (SSSR count). The quantitative estimate of drug-likeness (QED) is 0.290. The first-order chi connectivity index (χ1) is 8.45. The molecule has 1 amide bonds. The fourth-order valence-electron chi connectivity index (χ4n) is 1.15. The second kappa shape index (κ2) is 6.51. The number of benzene rings is 1. The van der Waals surface area contributed by atoms with Gasteiger partial charge in [-0.15, -0.1) is 11.8 Å². The number of rotatable bonds is 4. The van der Waals surface area contributed by atoms with Crippen molar-refractivity contribution in [3.8, 4) is 0 Å². The van der Waals surface area contributed by atoms with Crippen LogP contribution in [-0.4, -0.2) is 41.7 Å². The number of amidine groups is 1. The number of carbonyl (C=O) groups is 1. The minimum Gasteiger partial charge on any atom is -0.409 e. The van der Waals surface area contributed by atoms with E-state index in [1.165, 1.54) is 16.7 Å². The Morgan fingerprint density at radius 2 is 2.22 bits per heavy atom. The third kappa shape index (κ3) is 3.82. The zero-order valence-corrected chi connectivity index (χ0v) is 11.6. The molecule has 0 aromatic heterocycles. The molecule has 0 atom stereocenters. The topological polar surface area (TPSA) is 78.9 Å². The van der Waals surface area contributed by atoms with Crippen LogP contribution in [0.4, 0.5) is 0 Å². The van der Waals surface area contributed by atoms with Gasteiger partial charge in [-0.2, -0.15) is 0 Å². The van der Waals surface area contributed by atoms with Gasteiger partial charge in [0.1, 0.15) is 0 Å². The molecule has 7 heteroatoms. The zero-order chi connectivity index (χ0) is 13.7. The van der Waals surface area contributed by atoms with Gasteiger partial charge in [-0.3, -0.25) is 4.79 Å². The number of halogens is 1. The molecule has 18 heavy (non-hydrogen) atoms. The molecule has 5 nitrogen and oxygen atoms in total. The van der Waals surface area contributed by atoms with E-state index >= 15 is 0 Å². The van der Waals surface area contributed by atoms with E-state index in [2.05, 4.69) is 5.16 Å². The molecule has 1 aromatic rings. The van der Waals surface area contributed by atoms with Crippen molar-refractivity contribution in [3.05, 3.63) is 28.8 Å². The second-order valence-corrected chi connectivity index (χ2v) is 5.16. The van der Waals surface area contributed by atoms with Crippen molar-refractivity contribution in [3.63, 3.8) is 0 Å². The van der Waals surface area contributed by atoms with E-state index in [9.17, 15) is 4.79 Å². The van der Waals surface area contributed by atoms with E-state index < -0.39 is 0 Å². The van der Waals surface area contributed by atoms with Gasteiger partial charge in [0.15, 0.2) is 5.84 Å². The number of hydrogen-bond acceptors (Lipinski definition) is 4. The number of carbonyl (C=O) groups excluding carboxylic acids is 1. The highest BCUT2D eigenvalue weighted by Crippen LogP contribution is 2.26. The predicted octanol–water partition coefficient (Wildman–Crippen LogP) is 1.61. The van der Waals surface area contributed by atoms with Gasteiger partial charge in [-0.25, -0.2) is 0 Å². The Balaban J connectivity index is 2.93.